The zero-order chi connectivity index (χ0) is 15.7. The lowest BCUT2D eigenvalue weighted by Crippen LogP contribution is -2.22. The van der Waals surface area contributed by atoms with E-state index in [9.17, 15) is 14.0 Å². The van der Waals surface area contributed by atoms with Crippen LogP contribution in [0.2, 0.25) is 5.15 Å². The lowest BCUT2D eigenvalue weighted by atomic mass is 10.1. The summed E-state index contributed by atoms with van der Waals surface area (Å²) in [5.41, 5.74) is -0.542. The van der Waals surface area contributed by atoms with Gasteiger partial charge in [-0.1, -0.05) is 11.6 Å². The molecule has 0 unspecified atom stereocenters. The molecule has 0 fully saturated rings. The average molecular weight is 313 g/mol. The van der Waals surface area contributed by atoms with E-state index in [1.54, 1.807) is 11.5 Å². The van der Waals surface area contributed by atoms with E-state index in [0.717, 1.165) is 6.07 Å². The van der Waals surface area contributed by atoms with Gasteiger partial charge in [-0.25, -0.2) is 14.2 Å². The third kappa shape index (κ3) is 2.76. The van der Waals surface area contributed by atoms with E-state index in [1.165, 1.54) is 6.20 Å². The Kier molecular flexibility index (Phi) is 4.27. The van der Waals surface area contributed by atoms with Crippen molar-refractivity contribution >= 4 is 28.6 Å². The summed E-state index contributed by atoms with van der Waals surface area (Å²) in [6.07, 6.45) is 1.37. The van der Waals surface area contributed by atoms with Crippen molar-refractivity contribution in [1.82, 2.24) is 9.55 Å². The molecule has 0 atom stereocenters. The van der Waals surface area contributed by atoms with E-state index in [-0.39, 0.29) is 34.4 Å². The van der Waals surface area contributed by atoms with E-state index < -0.39 is 17.2 Å². The monoisotopic (exact) mass is 312 g/mol. The van der Waals surface area contributed by atoms with Crippen LogP contribution in [-0.4, -0.2) is 22.1 Å². The van der Waals surface area contributed by atoms with Crippen LogP contribution in [0.3, 0.4) is 0 Å². The van der Waals surface area contributed by atoms with E-state index in [4.69, 9.17) is 16.3 Å². The van der Waals surface area contributed by atoms with Gasteiger partial charge in [-0.3, -0.25) is 4.79 Å². The molecule has 0 aliphatic rings. The molecule has 2 heterocycles. The topological polar surface area (TPSA) is 61.2 Å². The first-order valence-corrected chi connectivity index (χ1v) is 6.82. The number of ether oxygens (including phenoxy) is 1. The molecular weight excluding hydrogens is 299 g/mol. The third-order valence-electron chi connectivity index (χ3n) is 2.97. The summed E-state index contributed by atoms with van der Waals surface area (Å²) in [5, 5.41) is -0.323. The van der Waals surface area contributed by atoms with Crippen LogP contribution in [0.15, 0.2) is 17.1 Å². The quantitative estimate of drug-likeness (QED) is 0.646. The Morgan fingerprint density at radius 1 is 1.52 bits per heavy atom. The summed E-state index contributed by atoms with van der Waals surface area (Å²) in [5.74, 6) is -1.55. The summed E-state index contributed by atoms with van der Waals surface area (Å²) in [4.78, 5) is 28.1. The van der Waals surface area contributed by atoms with Crippen molar-refractivity contribution in [3.05, 3.63) is 39.0 Å². The number of esters is 1. The Balaban J connectivity index is 2.86. The molecule has 0 radical (unpaired) electrons. The number of aromatic nitrogens is 2. The molecule has 0 N–H and O–H groups in total. The predicted octanol–water partition coefficient (Wildman–Crippen LogP) is 2.95. The second kappa shape index (κ2) is 5.81. The number of hydrogen-bond donors (Lipinski definition) is 0. The lowest BCUT2D eigenvalue weighted by molar-refractivity contribution is 0.0524. The second-order valence-corrected chi connectivity index (χ2v) is 5.08. The Bertz CT molecular complexity index is 771. The van der Waals surface area contributed by atoms with Gasteiger partial charge in [0.25, 0.3) is 0 Å². The predicted molar refractivity (Wildman–Crippen MR) is 77.3 cm³/mol. The summed E-state index contributed by atoms with van der Waals surface area (Å²) in [7, 11) is 0. The van der Waals surface area contributed by atoms with Crippen molar-refractivity contribution in [1.29, 1.82) is 0 Å². The number of fused-ring (bicyclic) bond motifs is 1. The standard InChI is InChI=1S/C14H14ClFN2O3/c1-4-21-14(20)9-6-18(7(2)3)13-8(11(9)19)5-10(16)12(15)17-13/h5-7H,4H2,1-3H3. The van der Waals surface area contributed by atoms with Crippen LogP contribution in [0, 0.1) is 5.82 Å². The molecule has 0 amide bonds. The molecule has 7 heteroatoms. The maximum Gasteiger partial charge on any atom is 0.343 e. The molecule has 5 nitrogen and oxygen atoms in total. The fraction of sp³-hybridized carbons (Fsp3) is 0.357. The molecule has 0 aromatic carbocycles. The van der Waals surface area contributed by atoms with Crippen molar-refractivity contribution in [3.63, 3.8) is 0 Å². The van der Waals surface area contributed by atoms with Gasteiger partial charge in [0, 0.05) is 12.2 Å². The summed E-state index contributed by atoms with van der Waals surface area (Å²) in [6.45, 7) is 5.47. The Hall–Kier alpha value is -1.95. The van der Waals surface area contributed by atoms with Crippen LogP contribution in [0.4, 0.5) is 4.39 Å². The number of halogens is 2. The maximum absolute atomic E-state index is 13.6. The summed E-state index contributed by atoms with van der Waals surface area (Å²) < 4.78 is 20.0. The molecule has 2 aromatic rings. The van der Waals surface area contributed by atoms with Gasteiger partial charge >= 0.3 is 5.97 Å². The van der Waals surface area contributed by atoms with Crippen LogP contribution in [0.1, 0.15) is 37.2 Å². The number of carbonyl (C=O) groups is 1. The summed E-state index contributed by atoms with van der Waals surface area (Å²) in [6, 6.07) is 0.893. The first-order chi connectivity index (χ1) is 9.86. The normalized spacial score (nSPS) is 11.1. The van der Waals surface area contributed by atoms with Crippen molar-refractivity contribution in [2.75, 3.05) is 6.61 Å². The Morgan fingerprint density at radius 3 is 2.76 bits per heavy atom. The minimum atomic E-state index is -0.808. The van der Waals surface area contributed by atoms with Gasteiger partial charge in [0.05, 0.1) is 12.0 Å². The van der Waals surface area contributed by atoms with E-state index in [0.29, 0.717) is 0 Å². The fourth-order valence-corrected chi connectivity index (χ4v) is 2.11. The van der Waals surface area contributed by atoms with Crippen LogP contribution in [-0.2, 0) is 4.74 Å². The van der Waals surface area contributed by atoms with Crippen molar-refractivity contribution < 1.29 is 13.9 Å². The lowest BCUT2D eigenvalue weighted by Gasteiger charge is -2.15. The van der Waals surface area contributed by atoms with Gasteiger partial charge in [0.2, 0.25) is 5.43 Å². The molecule has 0 spiro atoms. The van der Waals surface area contributed by atoms with E-state index in [2.05, 4.69) is 4.98 Å². The van der Waals surface area contributed by atoms with Crippen LogP contribution < -0.4 is 5.43 Å². The molecule has 2 aromatic heterocycles. The molecule has 0 bridgehead atoms. The van der Waals surface area contributed by atoms with Gasteiger partial charge in [-0.15, -0.1) is 0 Å². The third-order valence-corrected chi connectivity index (χ3v) is 3.23. The highest BCUT2D eigenvalue weighted by Gasteiger charge is 2.19. The van der Waals surface area contributed by atoms with Gasteiger partial charge in [-0.2, -0.15) is 0 Å². The average Bonchev–Trinajstić information content (AvgIpc) is 2.41. The van der Waals surface area contributed by atoms with Crippen LogP contribution >= 0.6 is 11.6 Å². The molecule has 0 saturated carbocycles. The smallest absolute Gasteiger partial charge is 0.343 e. The molecule has 0 saturated heterocycles. The Labute approximate surface area is 125 Å². The number of rotatable bonds is 3. The highest BCUT2D eigenvalue weighted by atomic mass is 35.5. The van der Waals surface area contributed by atoms with E-state index >= 15 is 0 Å². The van der Waals surface area contributed by atoms with Gasteiger partial charge in [0.1, 0.15) is 11.2 Å². The van der Waals surface area contributed by atoms with Gasteiger partial charge in [0.15, 0.2) is 11.0 Å². The first-order valence-electron chi connectivity index (χ1n) is 6.44. The largest absolute Gasteiger partial charge is 0.462 e. The number of hydrogen-bond acceptors (Lipinski definition) is 4. The number of carbonyl (C=O) groups excluding carboxylic acids is 1. The minimum absolute atomic E-state index is 0.00356. The molecular formula is C14H14ClFN2O3. The van der Waals surface area contributed by atoms with Crippen molar-refractivity contribution in [2.45, 2.75) is 26.8 Å². The highest BCUT2D eigenvalue weighted by molar-refractivity contribution is 6.29. The Morgan fingerprint density at radius 2 is 2.19 bits per heavy atom. The fourth-order valence-electron chi connectivity index (χ4n) is 1.97. The number of nitrogens with zero attached hydrogens (tertiary/aromatic N) is 2. The zero-order valence-corrected chi connectivity index (χ0v) is 12.6. The van der Waals surface area contributed by atoms with Crippen LogP contribution in [0.25, 0.3) is 11.0 Å². The van der Waals surface area contributed by atoms with Crippen molar-refractivity contribution in [2.24, 2.45) is 0 Å². The SMILES string of the molecule is CCOC(=O)c1cn(C(C)C)c2nc(Cl)c(F)cc2c1=O. The van der Waals surface area contributed by atoms with Gasteiger partial charge in [-0.05, 0) is 26.8 Å². The minimum Gasteiger partial charge on any atom is -0.462 e. The molecule has 21 heavy (non-hydrogen) atoms. The van der Waals surface area contributed by atoms with Crippen LogP contribution in [0.5, 0.6) is 0 Å². The second-order valence-electron chi connectivity index (χ2n) is 4.73. The van der Waals surface area contributed by atoms with Gasteiger partial charge < -0.3 is 9.30 Å². The highest BCUT2D eigenvalue weighted by Crippen LogP contribution is 2.20. The molecule has 2 rings (SSSR count). The maximum atomic E-state index is 13.6. The number of pyridine rings is 2. The summed E-state index contributed by atoms with van der Waals surface area (Å²) >= 11 is 5.68. The van der Waals surface area contributed by atoms with E-state index in [1.807, 2.05) is 13.8 Å². The molecule has 0 aliphatic carbocycles. The zero-order valence-electron chi connectivity index (χ0n) is 11.8. The van der Waals surface area contributed by atoms with Crippen molar-refractivity contribution in [3.8, 4) is 0 Å². The first kappa shape index (κ1) is 15.4. The molecule has 112 valence electrons. The molecule has 0 aliphatic heterocycles.